The van der Waals surface area contributed by atoms with Crippen molar-refractivity contribution < 1.29 is 14.7 Å². The standard InChI is InChI=1S/C21H30N2O3/c1-17(18-5-3-2-4-6-18)8-12-22-13-10-21(11-14-22)9-7-19(24)23(16-21)15-20(25)26/h2-6,17H,7-16H2,1H3,(H,25,26)/t17-/m0/s1. The van der Waals surface area contributed by atoms with Crippen molar-refractivity contribution in [3.8, 4) is 0 Å². The van der Waals surface area contributed by atoms with Crippen LogP contribution in [0.3, 0.4) is 0 Å². The van der Waals surface area contributed by atoms with Crippen LogP contribution in [0.25, 0.3) is 0 Å². The molecular weight excluding hydrogens is 328 g/mol. The maximum Gasteiger partial charge on any atom is 0.323 e. The summed E-state index contributed by atoms with van der Waals surface area (Å²) in [7, 11) is 0. The molecule has 5 nitrogen and oxygen atoms in total. The highest BCUT2D eigenvalue weighted by Gasteiger charge is 2.41. The monoisotopic (exact) mass is 358 g/mol. The van der Waals surface area contributed by atoms with Gasteiger partial charge >= 0.3 is 5.97 Å². The van der Waals surface area contributed by atoms with Gasteiger partial charge in [0.1, 0.15) is 6.54 Å². The first kappa shape index (κ1) is 18.9. The number of carbonyl (C=O) groups is 2. The number of amides is 1. The van der Waals surface area contributed by atoms with Crippen molar-refractivity contribution in [2.75, 3.05) is 32.7 Å². The lowest BCUT2D eigenvalue weighted by Crippen LogP contribution is -2.52. The molecule has 1 N–H and O–H groups in total. The van der Waals surface area contributed by atoms with Gasteiger partial charge in [-0.05, 0) is 62.2 Å². The summed E-state index contributed by atoms with van der Waals surface area (Å²) in [6.07, 6.45) is 4.70. The SMILES string of the molecule is C[C@@H](CCN1CCC2(CCC(=O)N(CC(=O)O)C2)CC1)c1ccccc1. The Hall–Kier alpha value is -1.88. The highest BCUT2D eigenvalue weighted by atomic mass is 16.4. The van der Waals surface area contributed by atoms with Gasteiger partial charge in [-0.2, -0.15) is 0 Å². The van der Waals surface area contributed by atoms with Crippen LogP contribution < -0.4 is 0 Å². The van der Waals surface area contributed by atoms with Crippen LogP contribution in [0.1, 0.15) is 50.5 Å². The number of hydrogen-bond acceptors (Lipinski definition) is 3. The summed E-state index contributed by atoms with van der Waals surface area (Å²) >= 11 is 0. The molecule has 2 aliphatic heterocycles. The fourth-order valence-electron chi connectivity index (χ4n) is 4.39. The number of hydrogen-bond donors (Lipinski definition) is 1. The highest BCUT2D eigenvalue weighted by molar-refractivity contribution is 5.82. The quantitative estimate of drug-likeness (QED) is 0.849. The summed E-state index contributed by atoms with van der Waals surface area (Å²) in [6.45, 7) is 5.96. The van der Waals surface area contributed by atoms with Crippen LogP contribution in [0.5, 0.6) is 0 Å². The Morgan fingerprint density at radius 1 is 1.19 bits per heavy atom. The van der Waals surface area contributed by atoms with Crippen molar-refractivity contribution in [2.24, 2.45) is 5.41 Å². The largest absolute Gasteiger partial charge is 0.480 e. The third-order valence-electron chi connectivity index (χ3n) is 6.24. The van der Waals surface area contributed by atoms with E-state index in [1.807, 2.05) is 0 Å². The van der Waals surface area contributed by atoms with E-state index in [2.05, 4.69) is 42.2 Å². The van der Waals surface area contributed by atoms with E-state index < -0.39 is 5.97 Å². The molecule has 2 aliphatic rings. The number of carbonyl (C=O) groups excluding carboxylic acids is 1. The molecule has 5 heteroatoms. The molecule has 1 aromatic rings. The van der Waals surface area contributed by atoms with Gasteiger partial charge in [0.25, 0.3) is 0 Å². The van der Waals surface area contributed by atoms with E-state index in [0.29, 0.717) is 18.9 Å². The first-order chi connectivity index (χ1) is 12.5. The molecule has 26 heavy (non-hydrogen) atoms. The second-order valence-corrected chi connectivity index (χ2v) is 8.09. The Bertz CT molecular complexity index is 623. The molecule has 1 aromatic carbocycles. The molecule has 2 saturated heterocycles. The van der Waals surface area contributed by atoms with E-state index in [0.717, 1.165) is 45.3 Å². The predicted octanol–water partition coefficient (Wildman–Crippen LogP) is 2.97. The molecule has 0 aromatic heterocycles. The van der Waals surface area contributed by atoms with Crippen molar-refractivity contribution in [2.45, 2.75) is 44.9 Å². The van der Waals surface area contributed by atoms with E-state index in [1.54, 1.807) is 4.90 Å². The third-order valence-corrected chi connectivity index (χ3v) is 6.24. The Balaban J connectivity index is 1.48. The van der Waals surface area contributed by atoms with Crippen LogP contribution in [0, 0.1) is 5.41 Å². The average molecular weight is 358 g/mol. The fraction of sp³-hybridized carbons (Fsp3) is 0.619. The molecular formula is C21H30N2O3. The van der Waals surface area contributed by atoms with Crippen molar-refractivity contribution >= 4 is 11.9 Å². The van der Waals surface area contributed by atoms with Crippen molar-refractivity contribution in [3.63, 3.8) is 0 Å². The number of aliphatic carboxylic acids is 1. The number of carboxylic acid groups (broad SMARTS) is 1. The maximum atomic E-state index is 12.0. The topological polar surface area (TPSA) is 60.9 Å². The molecule has 0 saturated carbocycles. The van der Waals surface area contributed by atoms with Gasteiger partial charge < -0.3 is 14.9 Å². The number of benzene rings is 1. The zero-order valence-corrected chi connectivity index (χ0v) is 15.7. The average Bonchev–Trinajstić information content (AvgIpc) is 2.64. The maximum absolute atomic E-state index is 12.0. The zero-order valence-electron chi connectivity index (χ0n) is 15.7. The van der Waals surface area contributed by atoms with Gasteiger partial charge in [0, 0.05) is 13.0 Å². The Kier molecular flexibility index (Phi) is 5.97. The van der Waals surface area contributed by atoms with Gasteiger partial charge in [-0.25, -0.2) is 0 Å². The van der Waals surface area contributed by atoms with Crippen molar-refractivity contribution in [1.82, 2.24) is 9.80 Å². The van der Waals surface area contributed by atoms with Crippen molar-refractivity contribution in [3.05, 3.63) is 35.9 Å². The summed E-state index contributed by atoms with van der Waals surface area (Å²) in [5.41, 5.74) is 1.53. The fourth-order valence-corrected chi connectivity index (χ4v) is 4.39. The van der Waals surface area contributed by atoms with E-state index in [1.165, 1.54) is 5.56 Å². The lowest BCUT2D eigenvalue weighted by molar-refractivity contribution is -0.149. The summed E-state index contributed by atoms with van der Waals surface area (Å²) in [6, 6.07) is 10.7. The van der Waals surface area contributed by atoms with E-state index >= 15 is 0 Å². The molecule has 0 radical (unpaired) electrons. The van der Waals surface area contributed by atoms with Crippen LogP contribution in [-0.4, -0.2) is 59.5 Å². The summed E-state index contributed by atoms with van der Waals surface area (Å²) in [5.74, 6) is -0.356. The number of nitrogens with zero attached hydrogens (tertiary/aromatic N) is 2. The third kappa shape index (κ3) is 4.64. The molecule has 2 fully saturated rings. The first-order valence-corrected chi connectivity index (χ1v) is 9.74. The van der Waals surface area contributed by atoms with Gasteiger partial charge in [-0.15, -0.1) is 0 Å². The van der Waals surface area contributed by atoms with E-state index in [-0.39, 0.29) is 17.9 Å². The predicted molar refractivity (Wildman–Crippen MR) is 101 cm³/mol. The van der Waals surface area contributed by atoms with Crippen LogP contribution in [0.15, 0.2) is 30.3 Å². The number of rotatable bonds is 6. The van der Waals surface area contributed by atoms with Gasteiger partial charge in [0.05, 0.1) is 0 Å². The molecule has 0 bridgehead atoms. The molecule has 142 valence electrons. The molecule has 1 amide bonds. The minimum atomic E-state index is -0.914. The van der Waals surface area contributed by atoms with Gasteiger partial charge in [0.15, 0.2) is 0 Å². The van der Waals surface area contributed by atoms with Crippen LogP contribution in [-0.2, 0) is 9.59 Å². The molecule has 0 aliphatic carbocycles. The van der Waals surface area contributed by atoms with Crippen LogP contribution in [0.4, 0.5) is 0 Å². The minimum absolute atomic E-state index is 0.00265. The van der Waals surface area contributed by atoms with E-state index in [4.69, 9.17) is 5.11 Å². The summed E-state index contributed by atoms with van der Waals surface area (Å²) in [4.78, 5) is 27.1. The van der Waals surface area contributed by atoms with Gasteiger partial charge in [-0.3, -0.25) is 9.59 Å². The van der Waals surface area contributed by atoms with Gasteiger partial charge in [0.2, 0.25) is 5.91 Å². The van der Waals surface area contributed by atoms with Crippen LogP contribution in [0.2, 0.25) is 0 Å². The number of carboxylic acids is 1. The molecule has 0 unspecified atom stereocenters. The van der Waals surface area contributed by atoms with Gasteiger partial charge in [-0.1, -0.05) is 37.3 Å². The highest BCUT2D eigenvalue weighted by Crippen LogP contribution is 2.40. The lowest BCUT2D eigenvalue weighted by atomic mass is 9.72. The molecule has 1 atom stereocenters. The van der Waals surface area contributed by atoms with Crippen molar-refractivity contribution in [1.29, 1.82) is 0 Å². The Labute approximate surface area is 156 Å². The van der Waals surface area contributed by atoms with Crippen LogP contribution >= 0.6 is 0 Å². The van der Waals surface area contributed by atoms with E-state index in [9.17, 15) is 9.59 Å². The first-order valence-electron chi connectivity index (χ1n) is 9.74. The second kappa shape index (κ2) is 8.21. The molecule has 3 rings (SSSR count). The Morgan fingerprint density at radius 3 is 2.54 bits per heavy atom. The summed E-state index contributed by atoms with van der Waals surface area (Å²) < 4.78 is 0. The zero-order chi connectivity index (χ0) is 18.6. The minimum Gasteiger partial charge on any atom is -0.480 e. The number of likely N-dealkylation sites (tertiary alicyclic amines) is 2. The Morgan fingerprint density at radius 2 is 1.88 bits per heavy atom. The normalized spacial score (nSPS) is 21.7. The second-order valence-electron chi connectivity index (χ2n) is 8.09. The molecule has 1 spiro atoms. The lowest BCUT2D eigenvalue weighted by Gasteiger charge is -2.47. The number of piperidine rings is 2. The summed E-state index contributed by atoms with van der Waals surface area (Å²) in [5, 5.41) is 9.03. The smallest absolute Gasteiger partial charge is 0.323 e. The molecule has 2 heterocycles.